The van der Waals surface area contributed by atoms with Gasteiger partial charge in [-0.05, 0) is 26.8 Å². The fraction of sp³-hybridized carbons (Fsp3) is 0.300. The van der Waals surface area contributed by atoms with Gasteiger partial charge in [0.1, 0.15) is 17.3 Å². The van der Waals surface area contributed by atoms with E-state index in [0.29, 0.717) is 29.4 Å². The van der Waals surface area contributed by atoms with E-state index in [1.807, 2.05) is 6.92 Å². The lowest BCUT2D eigenvalue weighted by Crippen LogP contribution is -2.26. The van der Waals surface area contributed by atoms with Crippen LogP contribution >= 0.6 is 0 Å². The van der Waals surface area contributed by atoms with Crippen molar-refractivity contribution in [2.75, 3.05) is 11.9 Å². The summed E-state index contributed by atoms with van der Waals surface area (Å²) in [5.74, 6) is 0.403. The maximum atomic E-state index is 13.8. The molecule has 1 aromatic heterocycles. The molecule has 2 aromatic rings. The van der Waals surface area contributed by atoms with Crippen LogP contribution in [0.5, 0.6) is 0 Å². The number of hydrogen-bond acceptors (Lipinski definition) is 6. The Hall–Kier alpha value is -3.29. The third-order valence-electron chi connectivity index (χ3n) is 4.49. The van der Waals surface area contributed by atoms with Crippen molar-refractivity contribution >= 4 is 17.4 Å². The second kappa shape index (κ2) is 7.75. The highest BCUT2D eigenvalue weighted by Crippen LogP contribution is 2.35. The molecule has 3 rings (SSSR count). The Balaban J connectivity index is 1.78. The zero-order valence-corrected chi connectivity index (χ0v) is 16.0. The molecule has 28 heavy (non-hydrogen) atoms. The zero-order chi connectivity index (χ0) is 20.3. The predicted octanol–water partition coefficient (Wildman–Crippen LogP) is 2.88. The molecule has 1 aromatic carbocycles. The Kier molecular flexibility index (Phi) is 5.39. The second-order valence-corrected chi connectivity index (χ2v) is 6.84. The monoisotopic (exact) mass is 383 g/mol. The summed E-state index contributed by atoms with van der Waals surface area (Å²) in [6, 6.07) is 6.43. The van der Waals surface area contributed by atoms with Crippen LogP contribution in [-0.2, 0) is 21.5 Å². The van der Waals surface area contributed by atoms with Gasteiger partial charge in [-0.15, -0.1) is 0 Å². The Labute approximate surface area is 162 Å². The van der Waals surface area contributed by atoms with Crippen molar-refractivity contribution in [2.45, 2.75) is 32.7 Å². The summed E-state index contributed by atoms with van der Waals surface area (Å²) in [6.07, 6.45) is 3.00. The number of fused-ring (bicyclic) bond motifs is 1. The van der Waals surface area contributed by atoms with Crippen LogP contribution < -0.4 is 10.6 Å². The van der Waals surface area contributed by atoms with E-state index in [0.717, 1.165) is 0 Å². The summed E-state index contributed by atoms with van der Waals surface area (Å²) >= 11 is 0. The van der Waals surface area contributed by atoms with E-state index >= 15 is 0 Å². The molecule has 1 aliphatic rings. The number of rotatable bonds is 7. The van der Waals surface area contributed by atoms with Crippen LogP contribution in [0.15, 0.2) is 42.4 Å². The topological polar surface area (TPSA) is 100.0 Å². The Morgan fingerprint density at radius 2 is 2.14 bits per heavy atom. The third kappa shape index (κ3) is 3.85. The van der Waals surface area contributed by atoms with E-state index in [4.69, 9.17) is 10.1 Å². The highest BCUT2D eigenvalue weighted by Gasteiger charge is 2.39. The van der Waals surface area contributed by atoms with Crippen LogP contribution in [0.3, 0.4) is 0 Å². The van der Waals surface area contributed by atoms with Gasteiger partial charge in [-0.25, -0.2) is 14.4 Å². The smallest absolute Gasteiger partial charge is 0.235 e. The molecule has 0 saturated heterocycles. The number of amides is 1. The SMILES string of the molecule is CCO/C(=C/C(=N)c1ncc2c(n1)NC(=O)C2(C)C)NCc1ccccc1F. The van der Waals surface area contributed by atoms with Crippen LogP contribution in [-0.4, -0.2) is 28.2 Å². The summed E-state index contributed by atoms with van der Waals surface area (Å²) in [4.78, 5) is 20.5. The molecule has 1 amide bonds. The number of benzene rings is 1. The second-order valence-electron chi connectivity index (χ2n) is 6.84. The summed E-state index contributed by atoms with van der Waals surface area (Å²) in [5.41, 5.74) is 0.481. The van der Waals surface area contributed by atoms with Gasteiger partial charge in [0.15, 0.2) is 11.7 Å². The van der Waals surface area contributed by atoms with Crippen LogP contribution in [0, 0.1) is 11.2 Å². The van der Waals surface area contributed by atoms with E-state index < -0.39 is 5.41 Å². The maximum Gasteiger partial charge on any atom is 0.235 e. The maximum absolute atomic E-state index is 13.8. The van der Waals surface area contributed by atoms with Crippen LogP contribution in [0.2, 0.25) is 0 Å². The van der Waals surface area contributed by atoms with Gasteiger partial charge in [0, 0.05) is 29.9 Å². The number of nitrogens with one attached hydrogen (secondary N) is 3. The van der Waals surface area contributed by atoms with Gasteiger partial charge in [0.25, 0.3) is 0 Å². The summed E-state index contributed by atoms with van der Waals surface area (Å²) in [5, 5.41) is 14.0. The first kappa shape index (κ1) is 19.5. The zero-order valence-electron chi connectivity index (χ0n) is 16.0. The molecule has 0 bridgehead atoms. The van der Waals surface area contributed by atoms with Gasteiger partial charge in [-0.2, -0.15) is 0 Å². The molecule has 0 unspecified atom stereocenters. The van der Waals surface area contributed by atoms with Gasteiger partial charge in [0.2, 0.25) is 5.91 Å². The number of hydrogen-bond donors (Lipinski definition) is 3. The van der Waals surface area contributed by atoms with Crippen molar-refractivity contribution in [2.24, 2.45) is 0 Å². The largest absolute Gasteiger partial charge is 0.479 e. The Bertz CT molecular complexity index is 955. The standard InChI is InChI=1S/C20H22FN5O2/c1-4-28-16(23-10-12-7-5-6-8-14(12)21)9-15(22)18-24-11-13-17(25-18)26-19(27)20(13,2)3/h5-9,11,22-23H,4,10H2,1-3H3,(H,24,25,26,27)/b16-9+,22-15?. The molecule has 8 heteroatoms. The van der Waals surface area contributed by atoms with E-state index in [9.17, 15) is 9.18 Å². The van der Waals surface area contributed by atoms with Crippen LogP contribution in [0.1, 0.15) is 37.7 Å². The van der Waals surface area contributed by atoms with Crippen molar-refractivity contribution in [3.8, 4) is 0 Å². The normalized spacial score (nSPS) is 15.0. The van der Waals surface area contributed by atoms with Crippen molar-refractivity contribution < 1.29 is 13.9 Å². The highest BCUT2D eigenvalue weighted by molar-refractivity contribution is 6.07. The van der Waals surface area contributed by atoms with Crippen LogP contribution in [0.4, 0.5) is 10.2 Å². The molecule has 146 valence electrons. The molecule has 3 N–H and O–H groups in total. The number of ether oxygens (including phenoxy) is 1. The van der Waals surface area contributed by atoms with E-state index in [-0.39, 0.29) is 29.8 Å². The van der Waals surface area contributed by atoms with E-state index in [1.54, 1.807) is 38.2 Å². The predicted molar refractivity (Wildman–Crippen MR) is 103 cm³/mol. The van der Waals surface area contributed by atoms with Gasteiger partial charge >= 0.3 is 0 Å². The molecule has 7 nitrogen and oxygen atoms in total. The molecule has 0 aliphatic carbocycles. The van der Waals surface area contributed by atoms with E-state index in [2.05, 4.69) is 20.6 Å². The minimum atomic E-state index is -0.705. The number of carbonyl (C=O) groups is 1. The minimum absolute atomic E-state index is 0.00578. The molecule has 1 aliphatic heterocycles. The summed E-state index contributed by atoms with van der Waals surface area (Å²) in [6.45, 7) is 5.98. The molecule has 0 spiro atoms. The summed E-state index contributed by atoms with van der Waals surface area (Å²) < 4.78 is 19.3. The first-order chi connectivity index (χ1) is 13.3. The van der Waals surface area contributed by atoms with Gasteiger partial charge in [-0.3, -0.25) is 10.2 Å². The highest BCUT2D eigenvalue weighted by atomic mass is 19.1. The molecular formula is C20H22FN5O2. The first-order valence-electron chi connectivity index (χ1n) is 8.92. The number of halogens is 1. The van der Waals surface area contributed by atoms with Crippen molar-refractivity contribution in [3.63, 3.8) is 0 Å². The fourth-order valence-corrected chi connectivity index (χ4v) is 2.77. The van der Waals surface area contributed by atoms with E-state index in [1.165, 1.54) is 12.1 Å². The lowest BCUT2D eigenvalue weighted by molar-refractivity contribution is -0.119. The van der Waals surface area contributed by atoms with Crippen molar-refractivity contribution in [1.82, 2.24) is 15.3 Å². The number of carbonyl (C=O) groups excluding carboxylic acids is 1. The quantitative estimate of drug-likeness (QED) is 0.504. The molecule has 2 heterocycles. The third-order valence-corrected chi connectivity index (χ3v) is 4.49. The van der Waals surface area contributed by atoms with Crippen LogP contribution in [0.25, 0.3) is 0 Å². The number of aromatic nitrogens is 2. The van der Waals surface area contributed by atoms with Gasteiger partial charge < -0.3 is 15.4 Å². The van der Waals surface area contributed by atoms with Gasteiger partial charge in [0.05, 0.1) is 12.0 Å². The molecule has 0 saturated carbocycles. The number of anilines is 1. The Morgan fingerprint density at radius 1 is 1.39 bits per heavy atom. The molecular weight excluding hydrogens is 361 g/mol. The molecule has 0 radical (unpaired) electrons. The minimum Gasteiger partial charge on any atom is -0.479 e. The lowest BCUT2D eigenvalue weighted by atomic mass is 9.88. The Morgan fingerprint density at radius 3 is 2.86 bits per heavy atom. The lowest BCUT2D eigenvalue weighted by Gasteiger charge is -2.14. The number of allylic oxidation sites excluding steroid dienone is 1. The summed E-state index contributed by atoms with van der Waals surface area (Å²) in [7, 11) is 0. The molecule has 0 fully saturated rings. The van der Waals surface area contributed by atoms with Crippen molar-refractivity contribution in [3.05, 3.63) is 65.2 Å². The first-order valence-corrected chi connectivity index (χ1v) is 8.92. The van der Waals surface area contributed by atoms with Crippen molar-refractivity contribution in [1.29, 1.82) is 5.41 Å². The number of nitrogens with zero attached hydrogens (tertiary/aromatic N) is 2. The average molecular weight is 383 g/mol. The fourth-order valence-electron chi connectivity index (χ4n) is 2.77. The molecule has 0 atom stereocenters. The average Bonchev–Trinajstić information content (AvgIpc) is 2.89. The van der Waals surface area contributed by atoms with Gasteiger partial charge in [-0.1, -0.05) is 18.2 Å².